The molecule has 0 aliphatic carbocycles. The molecule has 2 heterocycles. The zero-order valence-corrected chi connectivity index (χ0v) is 22.1. The maximum Gasteiger partial charge on any atom is 0.337 e. The molecule has 0 bridgehead atoms. The highest BCUT2D eigenvalue weighted by Gasteiger charge is 2.35. The Morgan fingerprint density at radius 3 is 2.26 bits per heavy atom. The fourth-order valence-corrected chi connectivity index (χ4v) is 4.17. The Labute approximate surface area is 225 Å². The van der Waals surface area contributed by atoms with Crippen molar-refractivity contribution in [1.82, 2.24) is 14.5 Å². The van der Waals surface area contributed by atoms with Gasteiger partial charge in [-0.15, -0.1) is 0 Å². The normalized spacial score (nSPS) is 14.0. The second-order valence-corrected chi connectivity index (χ2v) is 8.80. The standard InChI is InChI=1S/C26H26FN5O5.C2H6/c1-37-25(35)18-4-8-20(9-5-18)30-22-21(14-28)24(34)32(16-29-22)15-26(36)10-12-31(13-11-26)23(33)17-2-6-19(27)7-3-17;1-2/h2-9,14,16,28,30,36H,10-13,15H2,1H3;1-2H3. The van der Waals surface area contributed by atoms with Crippen LogP contribution in [0.1, 0.15) is 53.0 Å². The summed E-state index contributed by atoms with van der Waals surface area (Å²) in [7, 11) is 1.29. The molecule has 39 heavy (non-hydrogen) atoms. The molecule has 10 nitrogen and oxygen atoms in total. The second-order valence-electron chi connectivity index (χ2n) is 8.80. The Kier molecular flexibility index (Phi) is 9.67. The third kappa shape index (κ3) is 6.94. The van der Waals surface area contributed by atoms with Gasteiger partial charge in [0, 0.05) is 30.6 Å². The van der Waals surface area contributed by atoms with Crippen LogP contribution in [0.15, 0.2) is 59.7 Å². The molecule has 1 fully saturated rings. The van der Waals surface area contributed by atoms with E-state index in [0.717, 1.165) is 6.21 Å². The number of ether oxygens (including phenoxy) is 1. The number of likely N-dealkylation sites (tertiary alicyclic amines) is 1. The number of hydrogen-bond donors (Lipinski definition) is 3. The van der Waals surface area contributed by atoms with E-state index in [-0.39, 0.29) is 49.8 Å². The van der Waals surface area contributed by atoms with Gasteiger partial charge in [-0.25, -0.2) is 14.2 Å². The van der Waals surface area contributed by atoms with E-state index in [1.165, 1.54) is 42.3 Å². The van der Waals surface area contributed by atoms with Gasteiger partial charge in [-0.05, 0) is 61.4 Å². The number of anilines is 2. The lowest BCUT2D eigenvalue weighted by Crippen LogP contribution is -2.49. The molecule has 1 aromatic heterocycles. The number of nitrogens with zero attached hydrogens (tertiary/aromatic N) is 3. The summed E-state index contributed by atoms with van der Waals surface area (Å²) >= 11 is 0. The minimum absolute atomic E-state index is 0.00654. The number of carbonyl (C=O) groups is 2. The Bertz CT molecular complexity index is 1360. The summed E-state index contributed by atoms with van der Waals surface area (Å²) in [5.74, 6) is -0.988. The molecule has 2 aromatic carbocycles. The summed E-state index contributed by atoms with van der Waals surface area (Å²) in [4.78, 5) is 43.2. The van der Waals surface area contributed by atoms with Crippen molar-refractivity contribution in [2.75, 3.05) is 25.5 Å². The Morgan fingerprint density at radius 1 is 1.10 bits per heavy atom. The van der Waals surface area contributed by atoms with Crippen molar-refractivity contribution < 1.29 is 23.8 Å². The van der Waals surface area contributed by atoms with E-state index in [2.05, 4.69) is 15.0 Å². The highest BCUT2D eigenvalue weighted by atomic mass is 19.1. The SMILES string of the molecule is CC.COC(=O)c1ccc(Nc2ncn(CC3(O)CCN(C(=O)c4ccc(F)cc4)CC3)c(=O)c2C=N)cc1. The van der Waals surface area contributed by atoms with E-state index in [0.29, 0.717) is 16.8 Å². The van der Waals surface area contributed by atoms with E-state index in [1.54, 1.807) is 29.2 Å². The summed E-state index contributed by atoms with van der Waals surface area (Å²) < 4.78 is 19.1. The molecule has 4 rings (SSSR count). The lowest BCUT2D eigenvalue weighted by molar-refractivity contribution is -0.0300. The number of nitrogens with one attached hydrogen (secondary N) is 2. The summed E-state index contributed by atoms with van der Waals surface area (Å²) in [6, 6.07) is 11.7. The highest BCUT2D eigenvalue weighted by Crippen LogP contribution is 2.25. The van der Waals surface area contributed by atoms with Crippen LogP contribution in [-0.2, 0) is 11.3 Å². The van der Waals surface area contributed by atoms with Crippen LogP contribution >= 0.6 is 0 Å². The smallest absolute Gasteiger partial charge is 0.337 e. The third-order valence-corrected chi connectivity index (χ3v) is 6.32. The number of amides is 1. The number of methoxy groups -OCH3 is 1. The van der Waals surface area contributed by atoms with Crippen LogP contribution in [0.3, 0.4) is 0 Å². The lowest BCUT2D eigenvalue weighted by atomic mass is 9.91. The van der Waals surface area contributed by atoms with Crippen LogP contribution in [-0.4, -0.2) is 63.4 Å². The second kappa shape index (κ2) is 12.9. The summed E-state index contributed by atoms with van der Waals surface area (Å²) in [5.41, 5.74) is -0.460. The minimum Gasteiger partial charge on any atom is -0.465 e. The maximum absolute atomic E-state index is 13.2. The predicted molar refractivity (Wildman–Crippen MR) is 145 cm³/mol. The largest absolute Gasteiger partial charge is 0.465 e. The maximum atomic E-state index is 13.2. The van der Waals surface area contributed by atoms with Crippen molar-refractivity contribution in [3.8, 4) is 0 Å². The van der Waals surface area contributed by atoms with Crippen LogP contribution in [0.2, 0.25) is 0 Å². The number of rotatable bonds is 7. The fraction of sp³-hybridized carbons (Fsp3) is 0.321. The van der Waals surface area contributed by atoms with Gasteiger partial charge in [-0.1, -0.05) is 13.8 Å². The first-order chi connectivity index (χ1) is 18.7. The molecular weight excluding hydrogens is 505 g/mol. The first-order valence-corrected chi connectivity index (χ1v) is 12.6. The summed E-state index contributed by atoms with van der Waals surface area (Å²) in [6.07, 6.45) is 2.66. The van der Waals surface area contributed by atoms with Gasteiger partial charge < -0.3 is 25.5 Å². The number of halogens is 1. The number of piperidine rings is 1. The zero-order chi connectivity index (χ0) is 28.6. The highest BCUT2D eigenvalue weighted by molar-refractivity contribution is 5.94. The van der Waals surface area contributed by atoms with Gasteiger partial charge in [0.1, 0.15) is 17.2 Å². The Hall–Kier alpha value is -4.38. The average Bonchev–Trinajstić information content (AvgIpc) is 2.96. The quantitative estimate of drug-likeness (QED) is 0.309. The van der Waals surface area contributed by atoms with Crippen LogP contribution in [0.25, 0.3) is 0 Å². The van der Waals surface area contributed by atoms with Crippen molar-refractivity contribution in [3.63, 3.8) is 0 Å². The van der Waals surface area contributed by atoms with Crippen LogP contribution in [0.5, 0.6) is 0 Å². The van der Waals surface area contributed by atoms with Crippen molar-refractivity contribution in [1.29, 1.82) is 5.41 Å². The van der Waals surface area contributed by atoms with Crippen molar-refractivity contribution >= 4 is 29.6 Å². The first-order valence-electron chi connectivity index (χ1n) is 12.6. The van der Waals surface area contributed by atoms with E-state index in [4.69, 9.17) is 5.41 Å². The molecule has 0 spiro atoms. The number of aromatic nitrogens is 2. The van der Waals surface area contributed by atoms with E-state index < -0.39 is 22.9 Å². The van der Waals surface area contributed by atoms with E-state index in [1.807, 2.05) is 13.8 Å². The van der Waals surface area contributed by atoms with Gasteiger partial charge in [-0.3, -0.25) is 14.2 Å². The monoisotopic (exact) mass is 537 g/mol. The van der Waals surface area contributed by atoms with Crippen molar-refractivity contribution in [2.24, 2.45) is 0 Å². The van der Waals surface area contributed by atoms with Crippen molar-refractivity contribution in [3.05, 3.63) is 87.7 Å². The molecule has 3 aromatic rings. The molecule has 1 amide bonds. The topological polar surface area (TPSA) is 138 Å². The van der Waals surface area contributed by atoms with Gasteiger partial charge in [0.25, 0.3) is 11.5 Å². The Balaban J connectivity index is 0.00000205. The third-order valence-electron chi connectivity index (χ3n) is 6.32. The number of hydrogen-bond acceptors (Lipinski definition) is 8. The van der Waals surface area contributed by atoms with Gasteiger partial charge in [0.2, 0.25) is 0 Å². The van der Waals surface area contributed by atoms with Gasteiger partial charge >= 0.3 is 5.97 Å². The lowest BCUT2D eigenvalue weighted by Gasteiger charge is -2.38. The first kappa shape index (κ1) is 29.2. The molecular formula is C28H32FN5O5. The molecule has 206 valence electrons. The average molecular weight is 538 g/mol. The van der Waals surface area contributed by atoms with Gasteiger partial charge in [0.15, 0.2) is 0 Å². The molecule has 0 unspecified atom stereocenters. The molecule has 1 saturated heterocycles. The molecule has 11 heteroatoms. The number of esters is 1. The van der Waals surface area contributed by atoms with Gasteiger partial charge in [-0.2, -0.15) is 0 Å². The molecule has 1 aliphatic rings. The molecule has 3 N–H and O–H groups in total. The zero-order valence-electron chi connectivity index (χ0n) is 22.1. The van der Waals surface area contributed by atoms with E-state index >= 15 is 0 Å². The van der Waals surface area contributed by atoms with Crippen LogP contribution in [0.4, 0.5) is 15.9 Å². The molecule has 0 saturated carbocycles. The number of benzene rings is 2. The van der Waals surface area contributed by atoms with Gasteiger partial charge in [0.05, 0.1) is 31.1 Å². The summed E-state index contributed by atoms with van der Waals surface area (Å²) in [5, 5.41) is 21.8. The number of carbonyl (C=O) groups excluding carboxylic acids is 2. The Morgan fingerprint density at radius 2 is 1.69 bits per heavy atom. The van der Waals surface area contributed by atoms with Crippen LogP contribution in [0, 0.1) is 11.2 Å². The summed E-state index contributed by atoms with van der Waals surface area (Å²) in [6.45, 7) is 4.49. The minimum atomic E-state index is -1.25. The number of aliphatic hydroxyl groups is 1. The predicted octanol–water partition coefficient (Wildman–Crippen LogP) is 3.60. The molecule has 0 radical (unpaired) electrons. The molecule has 1 aliphatic heterocycles. The molecule has 0 atom stereocenters. The van der Waals surface area contributed by atoms with Crippen LogP contribution < -0.4 is 10.9 Å². The fourth-order valence-electron chi connectivity index (χ4n) is 4.17. The van der Waals surface area contributed by atoms with Crippen molar-refractivity contribution in [2.45, 2.75) is 38.8 Å². The van der Waals surface area contributed by atoms with E-state index in [9.17, 15) is 23.9 Å².